The Morgan fingerprint density at radius 1 is 0.938 bits per heavy atom. The minimum atomic E-state index is -0.993. The van der Waals surface area contributed by atoms with Gasteiger partial charge >= 0.3 is 17.8 Å². The van der Waals surface area contributed by atoms with Crippen LogP contribution in [0.15, 0.2) is 77.9 Å². The maximum atomic E-state index is 12.5. The Kier molecular flexibility index (Phi) is 7.55. The molecular weight excluding hydrogens is 434 g/mol. The molecule has 0 saturated heterocycles. The first-order chi connectivity index (χ1) is 15.5. The zero-order valence-electron chi connectivity index (χ0n) is 16.9. The number of hydrazone groups is 1. The molecule has 0 aliphatic heterocycles. The van der Waals surface area contributed by atoms with E-state index in [0.717, 1.165) is 0 Å². The van der Waals surface area contributed by atoms with Crippen molar-refractivity contribution >= 4 is 41.3 Å². The molecule has 0 aromatic heterocycles. The molecule has 162 valence electrons. The minimum Gasteiger partial charge on any atom is -0.497 e. The van der Waals surface area contributed by atoms with Crippen molar-refractivity contribution < 1.29 is 23.9 Å². The summed E-state index contributed by atoms with van der Waals surface area (Å²) in [7, 11) is 1.50. The van der Waals surface area contributed by atoms with Gasteiger partial charge in [-0.25, -0.2) is 10.2 Å². The lowest BCUT2D eigenvalue weighted by atomic mass is 10.2. The van der Waals surface area contributed by atoms with E-state index in [9.17, 15) is 14.4 Å². The maximum absolute atomic E-state index is 12.5. The second kappa shape index (κ2) is 10.7. The molecule has 0 radical (unpaired) electrons. The lowest BCUT2D eigenvalue weighted by Crippen LogP contribution is -2.32. The number of nitrogens with one attached hydrogen (secondary N) is 2. The zero-order chi connectivity index (χ0) is 22.9. The van der Waals surface area contributed by atoms with Crippen LogP contribution in [0.1, 0.15) is 15.9 Å². The van der Waals surface area contributed by atoms with Gasteiger partial charge in [-0.15, -0.1) is 0 Å². The number of rotatable bonds is 6. The third-order valence-corrected chi connectivity index (χ3v) is 4.45. The SMILES string of the molecule is COc1cccc(C(=O)Oc2ccccc2C=NNC(=O)C(=O)Nc2ccccc2Cl)c1. The Balaban J connectivity index is 1.64. The molecule has 2 N–H and O–H groups in total. The summed E-state index contributed by atoms with van der Waals surface area (Å²) in [4.78, 5) is 36.4. The molecule has 0 aliphatic rings. The predicted octanol–water partition coefficient (Wildman–Crippen LogP) is 3.66. The van der Waals surface area contributed by atoms with E-state index in [1.54, 1.807) is 72.8 Å². The van der Waals surface area contributed by atoms with Crippen LogP contribution in [0.2, 0.25) is 5.02 Å². The van der Waals surface area contributed by atoms with E-state index in [1.165, 1.54) is 13.3 Å². The third kappa shape index (κ3) is 5.93. The van der Waals surface area contributed by atoms with E-state index in [2.05, 4.69) is 15.8 Å². The highest BCUT2D eigenvalue weighted by Crippen LogP contribution is 2.21. The van der Waals surface area contributed by atoms with Gasteiger partial charge in [0.25, 0.3) is 0 Å². The Hall–Kier alpha value is -4.17. The van der Waals surface area contributed by atoms with E-state index < -0.39 is 17.8 Å². The van der Waals surface area contributed by atoms with Crippen LogP contribution in [0.4, 0.5) is 5.69 Å². The number of amides is 2. The van der Waals surface area contributed by atoms with Crippen LogP contribution in [-0.4, -0.2) is 31.1 Å². The van der Waals surface area contributed by atoms with E-state index in [0.29, 0.717) is 27.6 Å². The van der Waals surface area contributed by atoms with Crippen LogP contribution in [-0.2, 0) is 9.59 Å². The summed E-state index contributed by atoms with van der Waals surface area (Å²) >= 11 is 5.95. The molecule has 0 atom stereocenters. The number of methoxy groups -OCH3 is 1. The van der Waals surface area contributed by atoms with Gasteiger partial charge in [0.15, 0.2) is 0 Å². The van der Waals surface area contributed by atoms with Gasteiger partial charge in [0.2, 0.25) is 0 Å². The third-order valence-electron chi connectivity index (χ3n) is 4.13. The van der Waals surface area contributed by atoms with Gasteiger partial charge in [-0.1, -0.05) is 41.9 Å². The molecule has 0 saturated carbocycles. The summed E-state index contributed by atoms with van der Waals surface area (Å²) in [6.45, 7) is 0. The van der Waals surface area contributed by atoms with Crippen molar-refractivity contribution in [3.8, 4) is 11.5 Å². The maximum Gasteiger partial charge on any atom is 0.343 e. The Labute approximate surface area is 188 Å². The zero-order valence-corrected chi connectivity index (χ0v) is 17.6. The first kappa shape index (κ1) is 22.5. The van der Waals surface area contributed by atoms with Crippen molar-refractivity contribution in [3.05, 3.63) is 88.9 Å². The first-order valence-corrected chi connectivity index (χ1v) is 9.70. The number of benzene rings is 3. The summed E-state index contributed by atoms with van der Waals surface area (Å²) in [5, 5.41) is 6.45. The van der Waals surface area contributed by atoms with Gasteiger partial charge in [0, 0.05) is 5.56 Å². The number of halogens is 1. The normalized spacial score (nSPS) is 10.4. The number of carbonyl (C=O) groups is 3. The molecule has 3 rings (SSSR count). The highest BCUT2D eigenvalue weighted by Gasteiger charge is 2.15. The number of hydrogen-bond acceptors (Lipinski definition) is 6. The number of anilines is 1. The lowest BCUT2D eigenvalue weighted by Gasteiger charge is -2.08. The average molecular weight is 452 g/mol. The van der Waals surface area contributed by atoms with E-state index in [1.807, 2.05) is 0 Å². The molecule has 0 fully saturated rings. The fraction of sp³-hybridized carbons (Fsp3) is 0.0435. The Bertz CT molecular complexity index is 1180. The topological polar surface area (TPSA) is 106 Å². The summed E-state index contributed by atoms with van der Waals surface area (Å²) in [5.41, 5.74) is 3.13. The van der Waals surface area contributed by atoms with E-state index >= 15 is 0 Å². The average Bonchev–Trinajstić information content (AvgIpc) is 2.81. The molecule has 0 spiro atoms. The fourth-order valence-corrected chi connectivity index (χ4v) is 2.72. The van der Waals surface area contributed by atoms with E-state index in [4.69, 9.17) is 21.1 Å². The van der Waals surface area contributed by atoms with Crippen molar-refractivity contribution in [3.63, 3.8) is 0 Å². The highest BCUT2D eigenvalue weighted by molar-refractivity contribution is 6.41. The number of nitrogens with zero attached hydrogens (tertiary/aromatic N) is 1. The Morgan fingerprint density at radius 3 is 2.47 bits per heavy atom. The van der Waals surface area contributed by atoms with E-state index in [-0.39, 0.29) is 5.75 Å². The van der Waals surface area contributed by atoms with Crippen molar-refractivity contribution in [1.29, 1.82) is 0 Å². The second-order valence-corrected chi connectivity index (χ2v) is 6.70. The van der Waals surface area contributed by atoms with Crippen molar-refractivity contribution in [2.24, 2.45) is 5.10 Å². The molecule has 3 aromatic rings. The van der Waals surface area contributed by atoms with Crippen LogP contribution in [0.3, 0.4) is 0 Å². The smallest absolute Gasteiger partial charge is 0.343 e. The summed E-state index contributed by atoms with van der Waals surface area (Å²) in [6, 6.07) is 19.6. The summed E-state index contributed by atoms with van der Waals surface area (Å²) in [5.74, 6) is -1.78. The second-order valence-electron chi connectivity index (χ2n) is 6.29. The summed E-state index contributed by atoms with van der Waals surface area (Å²) in [6.07, 6.45) is 1.26. The highest BCUT2D eigenvalue weighted by atomic mass is 35.5. The molecule has 0 bridgehead atoms. The monoisotopic (exact) mass is 451 g/mol. The van der Waals surface area contributed by atoms with Crippen molar-refractivity contribution in [1.82, 2.24) is 5.43 Å². The summed E-state index contributed by atoms with van der Waals surface area (Å²) < 4.78 is 10.5. The van der Waals surface area contributed by atoms with Crippen LogP contribution < -0.4 is 20.2 Å². The van der Waals surface area contributed by atoms with Gasteiger partial charge in [0.05, 0.1) is 29.6 Å². The quantitative estimate of drug-likeness (QED) is 0.195. The number of hydrogen-bond donors (Lipinski definition) is 2. The first-order valence-electron chi connectivity index (χ1n) is 9.32. The van der Waals surface area contributed by atoms with Crippen molar-refractivity contribution in [2.45, 2.75) is 0 Å². The van der Waals surface area contributed by atoms with Crippen molar-refractivity contribution in [2.75, 3.05) is 12.4 Å². The number of carbonyl (C=O) groups excluding carboxylic acids is 3. The van der Waals surface area contributed by atoms with Gasteiger partial charge in [-0.3, -0.25) is 9.59 Å². The van der Waals surface area contributed by atoms with Gasteiger partial charge < -0.3 is 14.8 Å². The molecule has 2 amide bonds. The van der Waals surface area contributed by atoms with Crippen LogP contribution >= 0.6 is 11.6 Å². The molecule has 32 heavy (non-hydrogen) atoms. The number of esters is 1. The molecule has 0 unspecified atom stereocenters. The predicted molar refractivity (Wildman–Crippen MR) is 120 cm³/mol. The lowest BCUT2D eigenvalue weighted by molar-refractivity contribution is -0.136. The standard InChI is InChI=1S/C23H18ClN3O5/c1-31-17-9-6-8-15(13-17)23(30)32-20-12-5-2-7-16(20)14-25-27-22(29)21(28)26-19-11-4-3-10-18(19)24/h2-14H,1H3,(H,26,28)(H,27,29). The Morgan fingerprint density at radius 2 is 1.69 bits per heavy atom. The molecule has 0 aliphatic carbocycles. The largest absolute Gasteiger partial charge is 0.497 e. The molecule has 3 aromatic carbocycles. The van der Waals surface area contributed by atoms with Gasteiger partial charge in [0.1, 0.15) is 11.5 Å². The molecule has 9 heteroatoms. The van der Waals surface area contributed by atoms with Crippen LogP contribution in [0.5, 0.6) is 11.5 Å². The molecular formula is C23H18ClN3O5. The molecule has 8 nitrogen and oxygen atoms in total. The molecule has 0 heterocycles. The minimum absolute atomic E-state index is 0.221. The van der Waals surface area contributed by atoms with Crippen LogP contribution in [0, 0.1) is 0 Å². The number of para-hydroxylation sites is 2. The van der Waals surface area contributed by atoms with Gasteiger partial charge in [-0.05, 0) is 42.5 Å². The van der Waals surface area contributed by atoms with Crippen LogP contribution in [0.25, 0.3) is 0 Å². The fourth-order valence-electron chi connectivity index (χ4n) is 2.54. The number of ether oxygens (including phenoxy) is 2. The van der Waals surface area contributed by atoms with Gasteiger partial charge in [-0.2, -0.15) is 5.10 Å².